The topological polar surface area (TPSA) is 69.6 Å². The monoisotopic (exact) mass is 330 g/mol. The Balaban J connectivity index is 2.10. The maximum Gasteiger partial charge on any atom is 0.326 e. The van der Waals surface area contributed by atoms with Gasteiger partial charge in [-0.05, 0) is 31.0 Å². The van der Waals surface area contributed by atoms with Gasteiger partial charge in [0.25, 0.3) is 0 Å². The maximum absolute atomic E-state index is 13.6. The van der Waals surface area contributed by atoms with Gasteiger partial charge in [0.1, 0.15) is 11.9 Å². The van der Waals surface area contributed by atoms with E-state index in [9.17, 15) is 14.0 Å². The van der Waals surface area contributed by atoms with Crippen LogP contribution in [0.25, 0.3) is 0 Å². The molecule has 1 heterocycles. The lowest BCUT2D eigenvalue weighted by Gasteiger charge is -2.21. The molecule has 1 fully saturated rings. The summed E-state index contributed by atoms with van der Waals surface area (Å²) in [5.41, 5.74) is 0.0317. The smallest absolute Gasteiger partial charge is 0.326 e. The first-order valence-corrected chi connectivity index (χ1v) is 6.54. The normalized spacial score (nSPS) is 18.4. The summed E-state index contributed by atoms with van der Waals surface area (Å²) >= 11 is 3.12. The molecule has 1 aliphatic rings. The average Bonchev–Trinajstić information content (AvgIpc) is 2.82. The second kappa shape index (κ2) is 5.56. The third kappa shape index (κ3) is 3.04. The van der Waals surface area contributed by atoms with Crippen molar-refractivity contribution in [3.05, 3.63) is 28.5 Å². The van der Waals surface area contributed by atoms with Crippen molar-refractivity contribution in [2.75, 3.05) is 11.9 Å². The van der Waals surface area contributed by atoms with Crippen LogP contribution in [0.5, 0.6) is 0 Å². The molecule has 0 bridgehead atoms. The van der Waals surface area contributed by atoms with Crippen LogP contribution < -0.4 is 5.32 Å². The first kappa shape index (κ1) is 13.8. The minimum absolute atomic E-state index is 0.0317. The lowest BCUT2D eigenvalue weighted by atomic mass is 10.2. The van der Waals surface area contributed by atoms with Crippen molar-refractivity contribution in [2.24, 2.45) is 0 Å². The van der Waals surface area contributed by atoms with E-state index in [0.29, 0.717) is 23.9 Å². The number of likely N-dealkylation sites (tertiary alicyclic amines) is 1. The summed E-state index contributed by atoms with van der Waals surface area (Å²) < 4.78 is 14.1. The first-order valence-electron chi connectivity index (χ1n) is 5.74. The fourth-order valence-corrected chi connectivity index (χ4v) is 2.38. The van der Waals surface area contributed by atoms with Gasteiger partial charge >= 0.3 is 12.0 Å². The van der Waals surface area contributed by atoms with Gasteiger partial charge in [-0.2, -0.15) is 0 Å². The van der Waals surface area contributed by atoms with E-state index < -0.39 is 23.9 Å². The number of halogens is 2. The van der Waals surface area contributed by atoms with Gasteiger partial charge in [-0.15, -0.1) is 0 Å². The number of hydrogen-bond acceptors (Lipinski definition) is 2. The second-order valence-corrected chi connectivity index (χ2v) is 5.16. The Morgan fingerprint density at radius 1 is 1.47 bits per heavy atom. The highest BCUT2D eigenvalue weighted by molar-refractivity contribution is 9.10. The summed E-state index contributed by atoms with van der Waals surface area (Å²) in [7, 11) is 0. The third-order valence-corrected chi connectivity index (χ3v) is 3.46. The summed E-state index contributed by atoms with van der Waals surface area (Å²) in [6.07, 6.45) is 1.05. The molecule has 1 aromatic rings. The molecular formula is C12H12BrFN2O3. The van der Waals surface area contributed by atoms with E-state index in [1.807, 2.05) is 0 Å². The summed E-state index contributed by atoms with van der Waals surface area (Å²) in [6, 6.07) is 2.82. The zero-order valence-corrected chi connectivity index (χ0v) is 11.5. The number of carbonyl (C=O) groups is 2. The lowest BCUT2D eigenvalue weighted by molar-refractivity contribution is -0.141. The van der Waals surface area contributed by atoms with E-state index >= 15 is 0 Å². The molecular weight excluding hydrogens is 319 g/mol. The van der Waals surface area contributed by atoms with Crippen LogP contribution in [-0.2, 0) is 4.79 Å². The number of hydrogen-bond donors (Lipinski definition) is 2. The Bertz CT molecular complexity index is 524. The Labute approximate surface area is 117 Å². The SMILES string of the molecule is O=C(O)C1CCCN1C(=O)Nc1ccc(Br)cc1F. The van der Waals surface area contributed by atoms with Crippen LogP contribution in [0, 0.1) is 5.82 Å². The number of aliphatic carboxylic acids is 1. The molecule has 1 atom stereocenters. The molecule has 0 aliphatic carbocycles. The number of rotatable bonds is 2. The van der Waals surface area contributed by atoms with Gasteiger partial charge in [-0.3, -0.25) is 0 Å². The number of urea groups is 1. The standard InChI is InChI=1S/C12H12BrFN2O3/c13-7-3-4-9(8(14)6-7)15-12(19)16-5-1-2-10(16)11(17)18/h3-4,6,10H,1-2,5H2,(H,15,19)(H,17,18). The minimum atomic E-state index is -1.04. The molecule has 1 saturated heterocycles. The first-order chi connectivity index (χ1) is 8.99. The van der Waals surface area contributed by atoms with Gasteiger partial charge in [0, 0.05) is 11.0 Å². The summed E-state index contributed by atoms with van der Waals surface area (Å²) in [5.74, 6) is -1.61. The molecule has 102 valence electrons. The second-order valence-electron chi connectivity index (χ2n) is 4.24. The van der Waals surface area contributed by atoms with Gasteiger partial charge in [-0.1, -0.05) is 15.9 Å². The van der Waals surface area contributed by atoms with Gasteiger partial charge in [0.05, 0.1) is 5.69 Å². The molecule has 2 rings (SSSR count). The molecule has 0 aromatic heterocycles. The largest absolute Gasteiger partial charge is 0.480 e. The molecule has 7 heteroatoms. The van der Waals surface area contributed by atoms with Crippen molar-refractivity contribution in [1.82, 2.24) is 4.90 Å². The highest BCUT2D eigenvalue weighted by Crippen LogP contribution is 2.22. The zero-order valence-electron chi connectivity index (χ0n) is 9.90. The van der Waals surface area contributed by atoms with E-state index in [1.54, 1.807) is 6.07 Å². The average molecular weight is 331 g/mol. The Morgan fingerprint density at radius 3 is 2.84 bits per heavy atom. The third-order valence-electron chi connectivity index (χ3n) is 2.97. The Morgan fingerprint density at radius 2 is 2.21 bits per heavy atom. The van der Waals surface area contributed by atoms with Crippen LogP contribution in [0.2, 0.25) is 0 Å². The summed E-state index contributed by atoms with van der Waals surface area (Å²) in [5, 5.41) is 11.4. The number of carboxylic acids is 1. The van der Waals surface area contributed by atoms with Crippen molar-refractivity contribution in [1.29, 1.82) is 0 Å². The predicted octanol–water partition coefficient (Wildman–Crippen LogP) is 2.67. The number of carbonyl (C=O) groups excluding carboxylic acids is 1. The minimum Gasteiger partial charge on any atom is -0.480 e. The van der Waals surface area contributed by atoms with E-state index in [1.165, 1.54) is 17.0 Å². The van der Waals surface area contributed by atoms with Gasteiger partial charge < -0.3 is 15.3 Å². The van der Waals surface area contributed by atoms with Gasteiger partial charge in [0.2, 0.25) is 0 Å². The molecule has 1 unspecified atom stereocenters. The number of anilines is 1. The quantitative estimate of drug-likeness (QED) is 0.875. The van der Waals surface area contributed by atoms with Crippen LogP contribution in [0.15, 0.2) is 22.7 Å². The molecule has 0 saturated carbocycles. The highest BCUT2D eigenvalue weighted by Gasteiger charge is 2.34. The number of benzene rings is 1. The summed E-state index contributed by atoms with van der Waals surface area (Å²) in [6.45, 7) is 0.362. The maximum atomic E-state index is 13.6. The van der Waals surface area contributed by atoms with Crippen LogP contribution in [0.3, 0.4) is 0 Å². The fourth-order valence-electron chi connectivity index (χ4n) is 2.04. The molecule has 1 aliphatic heterocycles. The summed E-state index contributed by atoms with van der Waals surface area (Å²) in [4.78, 5) is 24.1. The number of nitrogens with zero attached hydrogens (tertiary/aromatic N) is 1. The van der Waals surface area contributed by atoms with Crippen molar-refractivity contribution in [2.45, 2.75) is 18.9 Å². The number of amides is 2. The van der Waals surface area contributed by atoms with E-state index in [2.05, 4.69) is 21.2 Å². The van der Waals surface area contributed by atoms with Crippen molar-refractivity contribution < 1.29 is 19.1 Å². The molecule has 2 N–H and O–H groups in total. The van der Waals surface area contributed by atoms with Crippen molar-refractivity contribution in [3.63, 3.8) is 0 Å². The Kier molecular flexibility index (Phi) is 4.04. The van der Waals surface area contributed by atoms with Gasteiger partial charge in [-0.25, -0.2) is 14.0 Å². The van der Waals surface area contributed by atoms with E-state index in [4.69, 9.17) is 5.11 Å². The van der Waals surface area contributed by atoms with Crippen molar-refractivity contribution >= 4 is 33.6 Å². The van der Waals surface area contributed by atoms with Crippen LogP contribution in [0.1, 0.15) is 12.8 Å². The Hall–Kier alpha value is -1.63. The molecule has 2 amide bonds. The van der Waals surface area contributed by atoms with Crippen LogP contribution >= 0.6 is 15.9 Å². The van der Waals surface area contributed by atoms with Crippen LogP contribution in [-0.4, -0.2) is 34.6 Å². The van der Waals surface area contributed by atoms with E-state index in [-0.39, 0.29) is 5.69 Å². The van der Waals surface area contributed by atoms with Crippen molar-refractivity contribution in [3.8, 4) is 0 Å². The number of carboxylic acid groups (broad SMARTS) is 1. The molecule has 0 spiro atoms. The highest BCUT2D eigenvalue weighted by atomic mass is 79.9. The predicted molar refractivity (Wildman–Crippen MR) is 70.5 cm³/mol. The molecule has 1 aromatic carbocycles. The molecule has 19 heavy (non-hydrogen) atoms. The van der Waals surface area contributed by atoms with E-state index in [0.717, 1.165) is 0 Å². The number of nitrogens with one attached hydrogen (secondary N) is 1. The molecule has 5 nitrogen and oxygen atoms in total. The van der Waals surface area contributed by atoms with Gasteiger partial charge in [0.15, 0.2) is 0 Å². The molecule has 0 radical (unpaired) electrons. The van der Waals surface area contributed by atoms with Crippen LogP contribution in [0.4, 0.5) is 14.9 Å². The fraction of sp³-hybridized carbons (Fsp3) is 0.333. The zero-order chi connectivity index (χ0) is 14.0. The lowest BCUT2D eigenvalue weighted by Crippen LogP contribution is -2.42.